The van der Waals surface area contributed by atoms with Crippen LogP contribution in [-0.4, -0.2) is 31.1 Å². The number of nitrogens with zero attached hydrogens (tertiary/aromatic N) is 1. The van der Waals surface area contributed by atoms with Gasteiger partial charge in [-0.05, 0) is 50.7 Å². The largest absolute Gasteiger partial charge is 0.317 e. The van der Waals surface area contributed by atoms with Crippen LogP contribution in [0.1, 0.15) is 18.4 Å². The summed E-state index contributed by atoms with van der Waals surface area (Å²) in [6, 6.07) is 9.37. The Balaban J connectivity index is 1.90. The van der Waals surface area contributed by atoms with Crippen LogP contribution < -0.4 is 5.32 Å². The molecule has 0 unspecified atom stereocenters. The van der Waals surface area contributed by atoms with Gasteiger partial charge in [-0.25, -0.2) is 0 Å². The molecule has 2 rings (SSSR count). The van der Waals surface area contributed by atoms with E-state index in [1.54, 1.807) is 0 Å². The first-order valence-electron chi connectivity index (χ1n) is 5.91. The molecule has 1 N–H and O–H groups in total. The number of halogens is 1. The molecule has 3 heteroatoms. The van der Waals surface area contributed by atoms with Gasteiger partial charge in [-0.15, -0.1) is 0 Å². The molecule has 16 heavy (non-hydrogen) atoms. The average Bonchev–Trinajstić information content (AvgIpc) is 2.33. The minimum Gasteiger partial charge on any atom is -0.317 e. The van der Waals surface area contributed by atoms with E-state index < -0.39 is 0 Å². The molecule has 0 aromatic heterocycles. The Bertz CT molecular complexity index is 317. The maximum atomic E-state index is 3.47. The fourth-order valence-electron chi connectivity index (χ4n) is 2.25. The van der Waals surface area contributed by atoms with E-state index in [0.29, 0.717) is 0 Å². The first kappa shape index (κ1) is 12.1. The van der Waals surface area contributed by atoms with Gasteiger partial charge in [-0.1, -0.05) is 28.1 Å². The summed E-state index contributed by atoms with van der Waals surface area (Å²) in [5.74, 6) is 0. The minimum atomic E-state index is 0.741. The van der Waals surface area contributed by atoms with Gasteiger partial charge >= 0.3 is 0 Å². The van der Waals surface area contributed by atoms with E-state index in [2.05, 4.69) is 57.5 Å². The van der Waals surface area contributed by atoms with Crippen LogP contribution in [0.25, 0.3) is 0 Å². The van der Waals surface area contributed by atoms with E-state index in [9.17, 15) is 0 Å². The highest BCUT2D eigenvalue weighted by Gasteiger charge is 2.17. The molecular weight excluding hydrogens is 264 g/mol. The van der Waals surface area contributed by atoms with E-state index in [1.165, 1.54) is 18.4 Å². The lowest BCUT2D eigenvalue weighted by Gasteiger charge is -2.31. The fraction of sp³-hybridized carbons (Fsp3) is 0.538. The maximum Gasteiger partial charge on any atom is 0.0233 e. The molecule has 0 radical (unpaired) electrons. The number of benzene rings is 1. The van der Waals surface area contributed by atoms with Crippen molar-refractivity contribution in [1.29, 1.82) is 0 Å². The molecule has 1 saturated heterocycles. The van der Waals surface area contributed by atoms with Crippen molar-refractivity contribution in [2.24, 2.45) is 0 Å². The van der Waals surface area contributed by atoms with E-state index in [-0.39, 0.29) is 0 Å². The normalized spacial score (nSPS) is 17.9. The van der Waals surface area contributed by atoms with Crippen molar-refractivity contribution in [2.45, 2.75) is 25.4 Å². The summed E-state index contributed by atoms with van der Waals surface area (Å²) < 4.78 is 1.15. The molecule has 1 aliphatic rings. The molecule has 0 saturated carbocycles. The highest BCUT2D eigenvalue weighted by atomic mass is 79.9. The summed E-state index contributed by atoms with van der Waals surface area (Å²) in [6.45, 7) is 3.38. The molecule has 2 nitrogen and oxygen atoms in total. The van der Waals surface area contributed by atoms with Crippen LogP contribution in [-0.2, 0) is 6.54 Å². The van der Waals surface area contributed by atoms with Crippen LogP contribution in [0, 0.1) is 0 Å². The predicted octanol–water partition coefficient (Wildman–Crippen LogP) is 2.63. The zero-order valence-electron chi connectivity index (χ0n) is 9.75. The van der Waals surface area contributed by atoms with Crippen molar-refractivity contribution in [1.82, 2.24) is 10.2 Å². The summed E-state index contributed by atoms with van der Waals surface area (Å²) in [5.41, 5.74) is 1.39. The summed E-state index contributed by atoms with van der Waals surface area (Å²) >= 11 is 3.47. The Morgan fingerprint density at radius 3 is 2.50 bits per heavy atom. The summed E-state index contributed by atoms with van der Waals surface area (Å²) in [7, 11) is 2.23. The van der Waals surface area contributed by atoms with Gasteiger partial charge in [0.1, 0.15) is 0 Å². The summed E-state index contributed by atoms with van der Waals surface area (Å²) in [4.78, 5) is 2.48. The van der Waals surface area contributed by atoms with Crippen molar-refractivity contribution in [3.8, 4) is 0 Å². The second kappa shape index (κ2) is 5.80. The van der Waals surface area contributed by atoms with E-state index >= 15 is 0 Å². The summed E-state index contributed by atoms with van der Waals surface area (Å²) in [6.07, 6.45) is 2.54. The Morgan fingerprint density at radius 2 is 1.88 bits per heavy atom. The van der Waals surface area contributed by atoms with Gasteiger partial charge in [-0.3, -0.25) is 4.90 Å². The van der Waals surface area contributed by atoms with Crippen LogP contribution in [0.3, 0.4) is 0 Å². The highest BCUT2D eigenvalue weighted by molar-refractivity contribution is 9.10. The van der Waals surface area contributed by atoms with Crippen LogP contribution >= 0.6 is 15.9 Å². The molecule has 1 aromatic rings. The second-order valence-corrected chi connectivity index (χ2v) is 5.44. The Kier molecular flexibility index (Phi) is 4.38. The molecule has 88 valence electrons. The van der Waals surface area contributed by atoms with Gasteiger partial charge in [0.05, 0.1) is 0 Å². The second-order valence-electron chi connectivity index (χ2n) is 4.52. The predicted molar refractivity (Wildman–Crippen MR) is 71.5 cm³/mol. The third-order valence-corrected chi connectivity index (χ3v) is 3.81. The zero-order chi connectivity index (χ0) is 11.4. The smallest absolute Gasteiger partial charge is 0.0233 e. The van der Waals surface area contributed by atoms with Crippen LogP contribution in [0.5, 0.6) is 0 Å². The lowest BCUT2D eigenvalue weighted by Crippen LogP contribution is -2.40. The van der Waals surface area contributed by atoms with E-state index in [0.717, 1.165) is 30.1 Å². The lowest BCUT2D eigenvalue weighted by atomic mass is 10.0. The lowest BCUT2D eigenvalue weighted by molar-refractivity contribution is 0.192. The monoisotopic (exact) mass is 282 g/mol. The molecule has 1 fully saturated rings. The van der Waals surface area contributed by atoms with Crippen LogP contribution in [0.4, 0.5) is 0 Å². The topological polar surface area (TPSA) is 15.3 Å². The number of hydrogen-bond acceptors (Lipinski definition) is 2. The van der Waals surface area contributed by atoms with E-state index in [4.69, 9.17) is 0 Å². The molecule has 0 aliphatic carbocycles. The number of rotatable bonds is 3. The van der Waals surface area contributed by atoms with E-state index in [1.807, 2.05) is 0 Å². The molecule has 0 bridgehead atoms. The first-order chi connectivity index (χ1) is 7.75. The van der Waals surface area contributed by atoms with Gasteiger partial charge < -0.3 is 5.32 Å². The highest BCUT2D eigenvalue weighted by Crippen LogP contribution is 2.15. The molecule has 1 heterocycles. The minimum absolute atomic E-state index is 0.741. The number of hydrogen-bond donors (Lipinski definition) is 1. The van der Waals surface area contributed by atoms with Crippen LogP contribution in [0.2, 0.25) is 0 Å². The molecular formula is C13H19BrN2. The standard InChI is InChI=1S/C13H19BrN2/c1-16(13-6-8-15-9-7-13)10-11-2-4-12(14)5-3-11/h2-5,13,15H,6-10H2,1H3. The zero-order valence-corrected chi connectivity index (χ0v) is 11.3. The van der Waals surface area contributed by atoms with Gasteiger partial charge in [-0.2, -0.15) is 0 Å². The van der Waals surface area contributed by atoms with Crippen LogP contribution in [0.15, 0.2) is 28.7 Å². The molecule has 1 aliphatic heterocycles. The average molecular weight is 283 g/mol. The molecule has 0 atom stereocenters. The quantitative estimate of drug-likeness (QED) is 0.917. The van der Waals surface area contributed by atoms with Crippen molar-refractivity contribution >= 4 is 15.9 Å². The van der Waals surface area contributed by atoms with Gasteiger partial charge in [0.15, 0.2) is 0 Å². The first-order valence-corrected chi connectivity index (χ1v) is 6.70. The molecule has 1 aromatic carbocycles. The van der Waals surface area contributed by atoms with Crippen molar-refractivity contribution in [2.75, 3.05) is 20.1 Å². The molecule has 0 amide bonds. The Morgan fingerprint density at radius 1 is 1.25 bits per heavy atom. The van der Waals surface area contributed by atoms with Crippen molar-refractivity contribution in [3.05, 3.63) is 34.3 Å². The number of nitrogens with one attached hydrogen (secondary N) is 1. The van der Waals surface area contributed by atoms with Gasteiger partial charge in [0.2, 0.25) is 0 Å². The third kappa shape index (κ3) is 3.30. The Labute approximate surface area is 106 Å². The van der Waals surface area contributed by atoms with Crippen molar-refractivity contribution in [3.63, 3.8) is 0 Å². The maximum absolute atomic E-state index is 3.47. The fourth-order valence-corrected chi connectivity index (χ4v) is 2.52. The van der Waals surface area contributed by atoms with Crippen molar-refractivity contribution < 1.29 is 0 Å². The SMILES string of the molecule is CN(Cc1ccc(Br)cc1)C1CCNCC1. The van der Waals surface area contributed by atoms with Gasteiger partial charge in [0.25, 0.3) is 0 Å². The molecule has 0 spiro atoms. The number of piperidine rings is 1. The third-order valence-electron chi connectivity index (χ3n) is 3.28. The summed E-state index contributed by atoms with van der Waals surface area (Å²) in [5, 5.41) is 3.41. The Hall–Kier alpha value is -0.380. The van der Waals surface area contributed by atoms with Gasteiger partial charge in [0, 0.05) is 17.1 Å².